The fraction of sp³-hybridized carbons (Fsp3) is 0.333. The Morgan fingerprint density at radius 2 is 1.64 bits per heavy atom. The summed E-state index contributed by atoms with van der Waals surface area (Å²) in [6, 6.07) is 11.1. The van der Waals surface area contributed by atoms with Crippen LogP contribution in [0.1, 0.15) is 48.2 Å². The van der Waals surface area contributed by atoms with Crippen LogP contribution in [0.2, 0.25) is 0 Å². The summed E-state index contributed by atoms with van der Waals surface area (Å²) in [7, 11) is 1.60. The Balaban J connectivity index is 1.87. The van der Waals surface area contributed by atoms with Gasteiger partial charge in [0, 0.05) is 18.7 Å². The van der Waals surface area contributed by atoms with E-state index in [-0.39, 0.29) is 17.3 Å². The lowest BCUT2D eigenvalue weighted by Crippen LogP contribution is -2.48. The number of benzene rings is 2. The van der Waals surface area contributed by atoms with Crippen LogP contribution in [0.3, 0.4) is 0 Å². The summed E-state index contributed by atoms with van der Waals surface area (Å²) in [5.41, 5.74) is -2.54. The summed E-state index contributed by atoms with van der Waals surface area (Å²) in [4.78, 5) is 41.1. The van der Waals surface area contributed by atoms with Gasteiger partial charge in [-0.3, -0.25) is 14.2 Å². The molecule has 9 heteroatoms. The Kier molecular flexibility index (Phi) is 6.48. The summed E-state index contributed by atoms with van der Waals surface area (Å²) in [5, 5.41) is 3.99. The number of nitrogens with zero attached hydrogens (tertiary/aromatic N) is 4. The first kappa shape index (κ1) is 22.6. The van der Waals surface area contributed by atoms with Gasteiger partial charge in [0.05, 0.1) is 6.54 Å². The first-order valence-corrected chi connectivity index (χ1v) is 10.9. The molecule has 1 saturated carbocycles. The number of amides is 1. The third-order valence-electron chi connectivity index (χ3n) is 6.07. The van der Waals surface area contributed by atoms with E-state index in [2.05, 4.69) is 5.10 Å². The van der Waals surface area contributed by atoms with Crippen molar-refractivity contribution in [3.8, 4) is 5.69 Å². The molecule has 4 rings (SSSR count). The van der Waals surface area contributed by atoms with Crippen LogP contribution in [0.25, 0.3) is 5.69 Å². The van der Waals surface area contributed by atoms with E-state index in [1.165, 1.54) is 41.3 Å². The molecule has 0 N–H and O–H groups in total. The molecule has 33 heavy (non-hydrogen) atoms. The minimum Gasteiger partial charge on any atom is -0.337 e. The third-order valence-corrected chi connectivity index (χ3v) is 6.07. The predicted molar refractivity (Wildman–Crippen MR) is 119 cm³/mol. The predicted octanol–water partition coefficient (Wildman–Crippen LogP) is 3.13. The van der Waals surface area contributed by atoms with E-state index in [9.17, 15) is 23.2 Å². The fourth-order valence-corrected chi connectivity index (χ4v) is 4.17. The van der Waals surface area contributed by atoms with E-state index in [1.54, 1.807) is 13.1 Å². The van der Waals surface area contributed by atoms with Crippen LogP contribution < -0.4 is 11.2 Å². The zero-order valence-electron chi connectivity index (χ0n) is 18.2. The monoisotopic (exact) mass is 454 g/mol. The number of para-hydroxylation sites is 1. The topological polar surface area (TPSA) is 77.2 Å². The van der Waals surface area contributed by atoms with Gasteiger partial charge in [-0.2, -0.15) is 9.78 Å². The number of hydrogen-bond acceptors (Lipinski definition) is 4. The summed E-state index contributed by atoms with van der Waals surface area (Å²) < 4.78 is 30.2. The summed E-state index contributed by atoms with van der Waals surface area (Å²) in [6.45, 7) is -0.422. The second-order valence-electron chi connectivity index (χ2n) is 8.18. The minimum absolute atomic E-state index is 0.0543. The lowest BCUT2D eigenvalue weighted by molar-refractivity contribution is 0.0684. The molecule has 1 heterocycles. The van der Waals surface area contributed by atoms with Gasteiger partial charge >= 0.3 is 5.69 Å². The summed E-state index contributed by atoms with van der Waals surface area (Å²) >= 11 is 0. The van der Waals surface area contributed by atoms with E-state index in [1.807, 2.05) is 0 Å². The second-order valence-corrected chi connectivity index (χ2v) is 8.18. The van der Waals surface area contributed by atoms with Crippen molar-refractivity contribution in [2.24, 2.45) is 0 Å². The number of aromatic nitrogens is 3. The van der Waals surface area contributed by atoms with Gasteiger partial charge in [0.1, 0.15) is 17.3 Å². The maximum absolute atomic E-state index is 14.5. The largest absolute Gasteiger partial charge is 0.352 e. The van der Waals surface area contributed by atoms with Crippen LogP contribution in [-0.2, 0) is 6.54 Å². The second kappa shape index (κ2) is 9.48. The Morgan fingerprint density at radius 3 is 2.30 bits per heavy atom. The first-order chi connectivity index (χ1) is 15.9. The Labute approximate surface area is 188 Å². The number of rotatable bonds is 5. The molecular weight excluding hydrogens is 430 g/mol. The lowest BCUT2D eigenvalue weighted by Gasteiger charge is -2.30. The molecule has 1 amide bonds. The molecule has 1 aliphatic rings. The van der Waals surface area contributed by atoms with Gasteiger partial charge in [-0.25, -0.2) is 13.6 Å². The molecule has 0 saturated heterocycles. The quantitative estimate of drug-likeness (QED) is 0.594. The van der Waals surface area contributed by atoms with Crippen molar-refractivity contribution in [3.63, 3.8) is 0 Å². The van der Waals surface area contributed by atoms with Crippen molar-refractivity contribution in [1.82, 2.24) is 19.2 Å². The molecule has 0 bridgehead atoms. The third kappa shape index (κ3) is 4.48. The maximum Gasteiger partial charge on any atom is 0.352 e. The number of carbonyl (C=O) groups excluding carboxylic acids is 1. The van der Waals surface area contributed by atoms with E-state index in [0.29, 0.717) is 4.68 Å². The van der Waals surface area contributed by atoms with Crippen LogP contribution in [0.5, 0.6) is 0 Å². The molecule has 3 aromatic rings. The van der Waals surface area contributed by atoms with Gasteiger partial charge in [-0.05, 0) is 31.0 Å². The SMILES string of the molecule is CN(C(=O)c1nn(-c2ccccc2F)c(=O)n(Cc2ccccc2F)c1=O)C1CCCCC1. The van der Waals surface area contributed by atoms with E-state index >= 15 is 0 Å². The van der Waals surface area contributed by atoms with Crippen molar-refractivity contribution in [3.05, 3.63) is 92.3 Å². The molecule has 1 aromatic heterocycles. The Morgan fingerprint density at radius 1 is 1.00 bits per heavy atom. The van der Waals surface area contributed by atoms with Crippen molar-refractivity contribution in [2.45, 2.75) is 44.7 Å². The molecule has 0 spiro atoms. The Bertz CT molecular complexity index is 1300. The highest BCUT2D eigenvalue weighted by Crippen LogP contribution is 2.22. The Hall–Kier alpha value is -3.62. The highest BCUT2D eigenvalue weighted by Gasteiger charge is 2.28. The molecule has 2 aromatic carbocycles. The molecule has 0 unspecified atom stereocenters. The van der Waals surface area contributed by atoms with Crippen LogP contribution in [0.15, 0.2) is 58.1 Å². The molecule has 1 fully saturated rings. The summed E-state index contributed by atoms with van der Waals surface area (Å²) in [6.07, 6.45) is 4.64. The van der Waals surface area contributed by atoms with E-state index in [4.69, 9.17) is 0 Å². The minimum atomic E-state index is -0.967. The zero-order valence-corrected chi connectivity index (χ0v) is 18.2. The zero-order chi connectivity index (χ0) is 23.5. The van der Waals surface area contributed by atoms with Crippen molar-refractivity contribution in [1.29, 1.82) is 0 Å². The molecule has 0 radical (unpaired) electrons. The highest BCUT2D eigenvalue weighted by molar-refractivity contribution is 5.91. The molecule has 0 atom stereocenters. The molecule has 1 aliphatic carbocycles. The normalized spacial score (nSPS) is 14.3. The maximum atomic E-state index is 14.5. The molecule has 0 aliphatic heterocycles. The standard InChI is InChI=1S/C24H24F2N4O3/c1-28(17-10-3-2-4-11-17)22(31)21-23(32)29(15-16-9-5-6-12-18(16)25)24(33)30(27-21)20-14-8-7-13-19(20)26/h5-9,12-14,17H,2-4,10-11,15H2,1H3. The van der Waals surface area contributed by atoms with Gasteiger partial charge in [-0.1, -0.05) is 49.6 Å². The van der Waals surface area contributed by atoms with E-state index in [0.717, 1.165) is 42.7 Å². The summed E-state index contributed by atoms with van der Waals surface area (Å²) in [5.74, 6) is -2.01. The van der Waals surface area contributed by atoms with Gasteiger partial charge in [-0.15, -0.1) is 0 Å². The van der Waals surface area contributed by atoms with Gasteiger partial charge in [0.15, 0.2) is 0 Å². The van der Waals surface area contributed by atoms with Crippen molar-refractivity contribution in [2.75, 3.05) is 7.05 Å². The molecule has 7 nitrogen and oxygen atoms in total. The average molecular weight is 454 g/mol. The number of halogens is 2. The number of carbonyl (C=O) groups is 1. The lowest BCUT2D eigenvalue weighted by atomic mass is 9.94. The van der Waals surface area contributed by atoms with Crippen LogP contribution in [-0.4, -0.2) is 38.2 Å². The van der Waals surface area contributed by atoms with Crippen LogP contribution in [0, 0.1) is 11.6 Å². The van der Waals surface area contributed by atoms with Crippen LogP contribution >= 0.6 is 0 Å². The van der Waals surface area contributed by atoms with Crippen molar-refractivity contribution >= 4 is 5.91 Å². The van der Waals surface area contributed by atoms with E-state index < -0.39 is 41.0 Å². The molecular formula is C24H24F2N4O3. The van der Waals surface area contributed by atoms with Crippen LogP contribution in [0.4, 0.5) is 8.78 Å². The highest BCUT2D eigenvalue weighted by atomic mass is 19.1. The number of hydrogen-bond donors (Lipinski definition) is 0. The first-order valence-electron chi connectivity index (χ1n) is 10.9. The van der Waals surface area contributed by atoms with Crippen molar-refractivity contribution < 1.29 is 13.6 Å². The smallest absolute Gasteiger partial charge is 0.337 e. The molecule has 172 valence electrons. The fourth-order valence-electron chi connectivity index (χ4n) is 4.17. The average Bonchev–Trinajstić information content (AvgIpc) is 2.83. The van der Waals surface area contributed by atoms with Gasteiger partial charge in [0.25, 0.3) is 11.5 Å². The van der Waals surface area contributed by atoms with Gasteiger partial charge in [0.2, 0.25) is 5.69 Å². The van der Waals surface area contributed by atoms with Gasteiger partial charge < -0.3 is 4.90 Å².